The van der Waals surface area contributed by atoms with E-state index in [0.29, 0.717) is 18.2 Å². The lowest BCUT2D eigenvalue weighted by atomic mass is 10.0. The highest BCUT2D eigenvalue weighted by Gasteiger charge is 2.14. The van der Waals surface area contributed by atoms with Crippen molar-refractivity contribution in [2.24, 2.45) is 5.92 Å². The van der Waals surface area contributed by atoms with E-state index in [-0.39, 0.29) is 16.6 Å². The van der Waals surface area contributed by atoms with Crippen molar-refractivity contribution in [3.8, 4) is 0 Å². The fraction of sp³-hybridized carbons (Fsp3) is 0.714. The molecular formula is C14H24ClN3O. The number of anilines is 1. The van der Waals surface area contributed by atoms with Gasteiger partial charge >= 0.3 is 0 Å². The molecule has 108 valence electrons. The van der Waals surface area contributed by atoms with Gasteiger partial charge in [-0.25, -0.2) is 4.68 Å². The van der Waals surface area contributed by atoms with Crippen molar-refractivity contribution >= 4 is 17.3 Å². The molecule has 0 aliphatic heterocycles. The molecule has 0 radical (unpaired) electrons. The summed E-state index contributed by atoms with van der Waals surface area (Å²) in [6.45, 7) is 9.10. The van der Waals surface area contributed by atoms with E-state index in [9.17, 15) is 4.79 Å². The molecule has 4 nitrogen and oxygen atoms in total. The van der Waals surface area contributed by atoms with Crippen LogP contribution in [0.3, 0.4) is 0 Å². The standard InChI is InChI=1S/C14H24ClN3O/c1-5-7-8-18-14(19)13(15)12(9-16-18)17-11(4)10(3)6-2/h9-11,17H,5-8H2,1-4H3. The minimum atomic E-state index is -0.212. The van der Waals surface area contributed by atoms with Gasteiger partial charge in [0.1, 0.15) is 5.02 Å². The van der Waals surface area contributed by atoms with Crippen molar-refractivity contribution in [2.45, 2.75) is 59.5 Å². The molecule has 2 atom stereocenters. The van der Waals surface area contributed by atoms with Gasteiger partial charge in [0.2, 0.25) is 0 Å². The average molecular weight is 286 g/mol. The van der Waals surface area contributed by atoms with Crippen LogP contribution >= 0.6 is 11.6 Å². The van der Waals surface area contributed by atoms with E-state index in [2.05, 4.69) is 38.1 Å². The lowest BCUT2D eigenvalue weighted by Crippen LogP contribution is -2.28. The van der Waals surface area contributed by atoms with Crippen molar-refractivity contribution in [1.82, 2.24) is 9.78 Å². The number of aromatic nitrogens is 2. The highest BCUT2D eigenvalue weighted by Crippen LogP contribution is 2.19. The SMILES string of the molecule is CCCCn1ncc(NC(C)C(C)CC)c(Cl)c1=O. The zero-order valence-corrected chi connectivity index (χ0v) is 13.0. The van der Waals surface area contributed by atoms with Crippen molar-refractivity contribution in [2.75, 3.05) is 5.32 Å². The Hall–Kier alpha value is -1.03. The van der Waals surface area contributed by atoms with Gasteiger partial charge in [-0.2, -0.15) is 5.10 Å². The molecule has 0 aliphatic carbocycles. The zero-order chi connectivity index (χ0) is 14.4. The minimum absolute atomic E-state index is 0.212. The fourth-order valence-corrected chi connectivity index (χ4v) is 1.97. The highest BCUT2D eigenvalue weighted by molar-refractivity contribution is 6.32. The maximum atomic E-state index is 12.0. The quantitative estimate of drug-likeness (QED) is 0.833. The summed E-state index contributed by atoms with van der Waals surface area (Å²) in [6, 6.07) is 0.259. The van der Waals surface area contributed by atoms with Gasteiger partial charge in [-0.15, -0.1) is 0 Å². The lowest BCUT2D eigenvalue weighted by Gasteiger charge is -2.21. The first-order valence-electron chi connectivity index (χ1n) is 7.03. The molecule has 2 unspecified atom stereocenters. The molecule has 1 rings (SSSR count). The maximum absolute atomic E-state index is 12.0. The Morgan fingerprint density at radius 1 is 1.42 bits per heavy atom. The van der Waals surface area contributed by atoms with E-state index >= 15 is 0 Å². The Bertz CT molecular complexity index is 458. The van der Waals surface area contributed by atoms with Crippen LogP contribution in [-0.4, -0.2) is 15.8 Å². The largest absolute Gasteiger partial charge is 0.380 e. The normalized spacial score (nSPS) is 14.2. The predicted molar refractivity (Wildman–Crippen MR) is 81.0 cm³/mol. The van der Waals surface area contributed by atoms with Gasteiger partial charge in [0.15, 0.2) is 0 Å². The van der Waals surface area contributed by atoms with Gasteiger partial charge in [-0.05, 0) is 19.3 Å². The van der Waals surface area contributed by atoms with Crippen LogP contribution in [0.4, 0.5) is 5.69 Å². The summed E-state index contributed by atoms with van der Waals surface area (Å²) in [7, 11) is 0. The first-order chi connectivity index (χ1) is 9.01. The van der Waals surface area contributed by atoms with Gasteiger partial charge in [-0.3, -0.25) is 4.79 Å². The fourth-order valence-electron chi connectivity index (χ4n) is 1.77. The van der Waals surface area contributed by atoms with Crippen molar-refractivity contribution in [3.05, 3.63) is 21.6 Å². The van der Waals surface area contributed by atoms with Crippen LogP contribution in [-0.2, 0) is 6.54 Å². The molecule has 0 spiro atoms. The number of unbranched alkanes of at least 4 members (excludes halogenated alkanes) is 1. The van der Waals surface area contributed by atoms with Crippen molar-refractivity contribution in [3.63, 3.8) is 0 Å². The molecule has 0 saturated heterocycles. The molecule has 0 amide bonds. The Balaban J connectivity index is 2.87. The van der Waals surface area contributed by atoms with E-state index in [1.165, 1.54) is 4.68 Å². The summed E-state index contributed by atoms with van der Waals surface area (Å²) >= 11 is 6.13. The summed E-state index contributed by atoms with van der Waals surface area (Å²) in [6.07, 6.45) is 4.68. The third-order valence-corrected chi connectivity index (χ3v) is 3.95. The summed E-state index contributed by atoms with van der Waals surface area (Å²) in [5, 5.41) is 7.69. The van der Waals surface area contributed by atoms with Gasteiger partial charge in [0.25, 0.3) is 5.56 Å². The summed E-state index contributed by atoms with van der Waals surface area (Å²) in [4.78, 5) is 12.0. The van der Waals surface area contributed by atoms with Gasteiger partial charge < -0.3 is 5.32 Å². The zero-order valence-electron chi connectivity index (χ0n) is 12.2. The second kappa shape index (κ2) is 7.53. The second-order valence-corrected chi connectivity index (χ2v) is 5.45. The smallest absolute Gasteiger partial charge is 0.287 e. The minimum Gasteiger partial charge on any atom is -0.380 e. The predicted octanol–water partition coefficient (Wildman–Crippen LogP) is 3.54. The molecule has 5 heteroatoms. The van der Waals surface area contributed by atoms with Crippen LogP contribution in [0, 0.1) is 5.92 Å². The van der Waals surface area contributed by atoms with Crippen LogP contribution in [0.15, 0.2) is 11.0 Å². The van der Waals surface area contributed by atoms with E-state index in [1.54, 1.807) is 6.20 Å². The number of nitrogens with one attached hydrogen (secondary N) is 1. The molecule has 1 N–H and O–H groups in total. The number of halogens is 1. The number of hydrogen-bond donors (Lipinski definition) is 1. The first kappa shape index (κ1) is 16.0. The average Bonchev–Trinajstić information content (AvgIpc) is 2.42. The third-order valence-electron chi connectivity index (χ3n) is 3.59. The lowest BCUT2D eigenvalue weighted by molar-refractivity contribution is 0.493. The number of aryl methyl sites for hydroxylation is 1. The summed E-state index contributed by atoms with van der Waals surface area (Å²) in [5.41, 5.74) is 0.420. The Morgan fingerprint density at radius 2 is 2.11 bits per heavy atom. The Labute approximate surface area is 120 Å². The maximum Gasteiger partial charge on any atom is 0.287 e. The number of hydrogen-bond acceptors (Lipinski definition) is 3. The van der Waals surface area contributed by atoms with E-state index in [4.69, 9.17) is 11.6 Å². The van der Waals surface area contributed by atoms with Crippen LogP contribution in [0.1, 0.15) is 47.0 Å². The van der Waals surface area contributed by atoms with Crippen LogP contribution in [0.25, 0.3) is 0 Å². The summed E-state index contributed by atoms with van der Waals surface area (Å²) in [5.74, 6) is 0.513. The third kappa shape index (κ3) is 4.23. The van der Waals surface area contributed by atoms with E-state index in [1.807, 2.05) is 0 Å². The van der Waals surface area contributed by atoms with Crippen LogP contribution < -0.4 is 10.9 Å². The Morgan fingerprint density at radius 3 is 2.68 bits per heavy atom. The molecule has 19 heavy (non-hydrogen) atoms. The monoisotopic (exact) mass is 285 g/mol. The van der Waals surface area contributed by atoms with E-state index < -0.39 is 0 Å². The molecule has 0 saturated carbocycles. The van der Waals surface area contributed by atoms with Crippen LogP contribution in [0.2, 0.25) is 5.02 Å². The molecule has 1 aromatic heterocycles. The van der Waals surface area contributed by atoms with Crippen molar-refractivity contribution < 1.29 is 0 Å². The molecule has 0 aromatic carbocycles. The molecular weight excluding hydrogens is 262 g/mol. The number of nitrogens with zero attached hydrogens (tertiary/aromatic N) is 2. The molecule has 0 fully saturated rings. The van der Waals surface area contributed by atoms with Crippen LogP contribution in [0.5, 0.6) is 0 Å². The molecule has 1 aromatic rings. The second-order valence-electron chi connectivity index (χ2n) is 5.07. The summed E-state index contributed by atoms with van der Waals surface area (Å²) < 4.78 is 1.44. The molecule has 0 bridgehead atoms. The number of rotatable bonds is 7. The van der Waals surface area contributed by atoms with Gasteiger partial charge in [0.05, 0.1) is 11.9 Å². The van der Waals surface area contributed by atoms with Crippen molar-refractivity contribution in [1.29, 1.82) is 0 Å². The van der Waals surface area contributed by atoms with Gasteiger partial charge in [0, 0.05) is 12.6 Å². The molecule has 1 heterocycles. The van der Waals surface area contributed by atoms with E-state index in [0.717, 1.165) is 19.3 Å². The topological polar surface area (TPSA) is 46.9 Å². The highest BCUT2D eigenvalue weighted by atomic mass is 35.5. The Kier molecular flexibility index (Phi) is 6.35. The first-order valence-corrected chi connectivity index (χ1v) is 7.41. The molecule has 0 aliphatic rings. The van der Waals surface area contributed by atoms with Gasteiger partial charge in [-0.1, -0.05) is 45.2 Å².